The molecular weight excluding hydrogens is 314 g/mol. The van der Waals surface area contributed by atoms with E-state index >= 15 is 0 Å². The summed E-state index contributed by atoms with van der Waals surface area (Å²) in [5.74, 6) is 0.301. The highest BCUT2D eigenvalue weighted by Gasteiger charge is 2.31. The first-order valence-electron chi connectivity index (χ1n) is 7.11. The van der Waals surface area contributed by atoms with Crippen LogP contribution in [0.25, 0.3) is 0 Å². The SMILES string of the molecule is Cl.NC[C@H]1CCC[C@H]1C(=O)NCc1cccc(OC(F)F)c1. The fourth-order valence-electron chi connectivity index (χ4n) is 2.82. The van der Waals surface area contributed by atoms with Crippen LogP contribution in [0.1, 0.15) is 24.8 Å². The van der Waals surface area contributed by atoms with Crippen LogP contribution in [0.4, 0.5) is 8.78 Å². The quantitative estimate of drug-likeness (QED) is 0.840. The molecule has 0 radical (unpaired) electrons. The highest BCUT2D eigenvalue weighted by molar-refractivity contribution is 5.85. The molecule has 0 aromatic heterocycles. The lowest BCUT2D eigenvalue weighted by molar-refractivity contribution is -0.126. The second-order valence-corrected chi connectivity index (χ2v) is 5.28. The lowest BCUT2D eigenvalue weighted by Gasteiger charge is -2.17. The summed E-state index contributed by atoms with van der Waals surface area (Å²) >= 11 is 0. The third-order valence-corrected chi connectivity index (χ3v) is 3.89. The molecule has 1 aromatic rings. The van der Waals surface area contributed by atoms with Crippen LogP contribution in [-0.4, -0.2) is 19.1 Å². The van der Waals surface area contributed by atoms with Crippen molar-refractivity contribution in [3.05, 3.63) is 29.8 Å². The molecule has 0 spiro atoms. The third kappa shape index (κ3) is 5.10. The minimum absolute atomic E-state index is 0. The zero-order chi connectivity index (χ0) is 15.2. The van der Waals surface area contributed by atoms with Crippen LogP contribution in [0.5, 0.6) is 5.75 Å². The summed E-state index contributed by atoms with van der Waals surface area (Å²) in [7, 11) is 0. The molecule has 0 saturated heterocycles. The number of carbonyl (C=O) groups excluding carboxylic acids is 1. The fraction of sp³-hybridized carbons (Fsp3) is 0.533. The van der Waals surface area contributed by atoms with Gasteiger partial charge in [-0.1, -0.05) is 18.6 Å². The van der Waals surface area contributed by atoms with E-state index in [1.807, 2.05) is 0 Å². The van der Waals surface area contributed by atoms with Gasteiger partial charge in [-0.2, -0.15) is 8.78 Å². The molecule has 3 N–H and O–H groups in total. The van der Waals surface area contributed by atoms with Crippen LogP contribution < -0.4 is 15.8 Å². The molecule has 2 atom stereocenters. The van der Waals surface area contributed by atoms with Gasteiger partial charge in [-0.25, -0.2) is 0 Å². The van der Waals surface area contributed by atoms with E-state index in [0.717, 1.165) is 24.8 Å². The van der Waals surface area contributed by atoms with Crippen LogP contribution in [0, 0.1) is 11.8 Å². The Morgan fingerprint density at radius 1 is 1.41 bits per heavy atom. The van der Waals surface area contributed by atoms with Crippen LogP contribution >= 0.6 is 12.4 Å². The molecule has 22 heavy (non-hydrogen) atoms. The number of benzene rings is 1. The number of hydrogen-bond acceptors (Lipinski definition) is 3. The minimum atomic E-state index is -2.85. The Morgan fingerprint density at radius 2 is 2.18 bits per heavy atom. The first-order valence-corrected chi connectivity index (χ1v) is 7.11. The summed E-state index contributed by atoms with van der Waals surface area (Å²) in [4.78, 5) is 12.1. The van der Waals surface area contributed by atoms with E-state index < -0.39 is 6.61 Å². The number of hydrogen-bond donors (Lipinski definition) is 2. The standard InChI is InChI=1S/C15H20F2N2O2.ClH/c16-15(17)21-12-5-1-3-10(7-12)9-19-14(20)13-6-2-4-11(13)8-18;/h1,3,5,7,11,13,15H,2,4,6,8-9,18H2,(H,19,20);1H/t11-,13-;/m1./s1. The van der Waals surface area contributed by atoms with Crippen molar-refractivity contribution in [3.8, 4) is 5.75 Å². The van der Waals surface area contributed by atoms with Crippen LogP contribution in [0.2, 0.25) is 0 Å². The molecule has 124 valence electrons. The molecule has 0 heterocycles. The first-order chi connectivity index (χ1) is 10.1. The normalized spacial score (nSPS) is 20.5. The number of ether oxygens (including phenoxy) is 1. The number of amides is 1. The largest absolute Gasteiger partial charge is 0.435 e. The lowest BCUT2D eigenvalue weighted by atomic mass is 9.95. The van der Waals surface area contributed by atoms with E-state index in [1.54, 1.807) is 12.1 Å². The molecule has 1 saturated carbocycles. The van der Waals surface area contributed by atoms with Gasteiger partial charge in [-0.05, 0) is 43.0 Å². The molecule has 0 bridgehead atoms. The van der Waals surface area contributed by atoms with Gasteiger partial charge in [-0.3, -0.25) is 4.79 Å². The van der Waals surface area contributed by atoms with Gasteiger partial charge in [0.2, 0.25) is 5.91 Å². The topological polar surface area (TPSA) is 64.4 Å². The molecule has 1 aliphatic carbocycles. The number of halogens is 3. The molecule has 0 aliphatic heterocycles. The molecular formula is C15H21ClF2N2O2. The maximum absolute atomic E-state index is 12.1. The number of rotatable bonds is 6. The highest BCUT2D eigenvalue weighted by Crippen LogP contribution is 2.31. The van der Waals surface area contributed by atoms with E-state index in [1.165, 1.54) is 12.1 Å². The highest BCUT2D eigenvalue weighted by atomic mass is 35.5. The molecule has 2 rings (SSSR count). The monoisotopic (exact) mass is 334 g/mol. The molecule has 1 aromatic carbocycles. The summed E-state index contributed by atoms with van der Waals surface area (Å²) in [6.07, 6.45) is 2.88. The summed E-state index contributed by atoms with van der Waals surface area (Å²) in [5, 5.41) is 2.85. The van der Waals surface area contributed by atoms with Gasteiger partial charge >= 0.3 is 6.61 Å². The predicted octanol–water partition coefficient (Wildman–Crippen LogP) is 2.70. The summed E-state index contributed by atoms with van der Waals surface area (Å²) in [5.41, 5.74) is 6.39. The van der Waals surface area contributed by atoms with Gasteiger partial charge in [0.1, 0.15) is 5.75 Å². The summed E-state index contributed by atoms with van der Waals surface area (Å²) < 4.78 is 28.6. The van der Waals surface area contributed by atoms with Crippen molar-refractivity contribution in [3.63, 3.8) is 0 Å². The molecule has 7 heteroatoms. The average molecular weight is 335 g/mol. The number of alkyl halides is 2. The maximum Gasteiger partial charge on any atom is 0.387 e. The molecule has 0 unspecified atom stereocenters. The van der Waals surface area contributed by atoms with E-state index in [0.29, 0.717) is 13.1 Å². The summed E-state index contributed by atoms with van der Waals surface area (Å²) in [6, 6.07) is 6.34. The molecule has 1 amide bonds. The Kier molecular flexibility index (Phi) is 7.55. The summed E-state index contributed by atoms with van der Waals surface area (Å²) in [6.45, 7) is -2.03. The van der Waals surface area contributed by atoms with Crippen molar-refractivity contribution in [2.24, 2.45) is 17.6 Å². The van der Waals surface area contributed by atoms with E-state index in [-0.39, 0.29) is 35.9 Å². The number of nitrogens with one attached hydrogen (secondary N) is 1. The lowest BCUT2D eigenvalue weighted by Crippen LogP contribution is -2.34. The first kappa shape index (κ1) is 18.6. The van der Waals surface area contributed by atoms with E-state index in [9.17, 15) is 13.6 Å². The number of carbonyl (C=O) groups is 1. The second kappa shape index (κ2) is 8.90. The van der Waals surface area contributed by atoms with Gasteiger partial charge in [0.15, 0.2) is 0 Å². The Balaban J connectivity index is 0.00000242. The zero-order valence-corrected chi connectivity index (χ0v) is 13.0. The molecule has 1 fully saturated rings. The van der Waals surface area contributed by atoms with Crippen molar-refractivity contribution in [1.29, 1.82) is 0 Å². The number of nitrogens with two attached hydrogens (primary N) is 1. The predicted molar refractivity (Wildman–Crippen MR) is 82.1 cm³/mol. The zero-order valence-electron chi connectivity index (χ0n) is 12.1. The Hall–Kier alpha value is -1.40. The van der Waals surface area contributed by atoms with Gasteiger partial charge in [0, 0.05) is 12.5 Å². The van der Waals surface area contributed by atoms with Gasteiger partial charge in [0.05, 0.1) is 0 Å². The van der Waals surface area contributed by atoms with Crippen LogP contribution in [0.15, 0.2) is 24.3 Å². The average Bonchev–Trinajstić information content (AvgIpc) is 2.93. The van der Waals surface area contributed by atoms with Crippen molar-refractivity contribution in [1.82, 2.24) is 5.32 Å². The Labute approximate surface area is 134 Å². The van der Waals surface area contributed by atoms with E-state index in [2.05, 4.69) is 10.1 Å². The van der Waals surface area contributed by atoms with Crippen molar-refractivity contribution >= 4 is 18.3 Å². The van der Waals surface area contributed by atoms with Gasteiger partial charge < -0.3 is 15.8 Å². The minimum Gasteiger partial charge on any atom is -0.435 e. The maximum atomic E-state index is 12.1. The van der Waals surface area contributed by atoms with Crippen LogP contribution in [0.3, 0.4) is 0 Å². The third-order valence-electron chi connectivity index (χ3n) is 3.89. The molecule has 1 aliphatic rings. The van der Waals surface area contributed by atoms with Crippen molar-refractivity contribution in [2.45, 2.75) is 32.4 Å². The van der Waals surface area contributed by atoms with Crippen LogP contribution in [-0.2, 0) is 11.3 Å². The van der Waals surface area contributed by atoms with E-state index in [4.69, 9.17) is 5.73 Å². The van der Waals surface area contributed by atoms with Crippen molar-refractivity contribution in [2.75, 3.05) is 6.54 Å². The van der Waals surface area contributed by atoms with Crippen molar-refractivity contribution < 1.29 is 18.3 Å². The van der Waals surface area contributed by atoms with Gasteiger partial charge in [-0.15, -0.1) is 12.4 Å². The van der Waals surface area contributed by atoms with Gasteiger partial charge in [0.25, 0.3) is 0 Å². The fourth-order valence-corrected chi connectivity index (χ4v) is 2.82. The second-order valence-electron chi connectivity index (χ2n) is 5.28. The Morgan fingerprint density at radius 3 is 2.86 bits per heavy atom. The Bertz CT molecular complexity index is 488. The smallest absolute Gasteiger partial charge is 0.387 e. The molecule has 4 nitrogen and oxygen atoms in total.